The van der Waals surface area contributed by atoms with Crippen LogP contribution in [-0.4, -0.2) is 17.6 Å². The topological polar surface area (TPSA) is 9.23 Å². The molecule has 2 aliphatic carbocycles. The predicted molar refractivity (Wildman–Crippen MR) is 131 cm³/mol. The molecule has 0 aromatic heterocycles. The molecule has 1 saturated heterocycles. The van der Waals surface area contributed by atoms with Crippen LogP contribution in [0.1, 0.15) is 89.0 Å². The van der Waals surface area contributed by atoms with Gasteiger partial charge in [0.05, 0.1) is 6.61 Å². The van der Waals surface area contributed by atoms with Crippen LogP contribution < -0.4 is 4.74 Å². The van der Waals surface area contributed by atoms with Gasteiger partial charge in [-0.1, -0.05) is 12.1 Å². The zero-order valence-corrected chi connectivity index (χ0v) is 20.5. The summed E-state index contributed by atoms with van der Waals surface area (Å²) in [7, 11) is 0. The third kappa shape index (κ3) is 5.54. The maximum absolute atomic E-state index is 14.6. The van der Waals surface area contributed by atoms with Crippen molar-refractivity contribution >= 4 is 11.8 Å². The van der Waals surface area contributed by atoms with E-state index in [1.165, 1.54) is 50.7 Å². The summed E-state index contributed by atoms with van der Waals surface area (Å²) in [6.07, 6.45) is 15.9. The van der Waals surface area contributed by atoms with E-state index in [4.69, 9.17) is 4.74 Å². The summed E-state index contributed by atoms with van der Waals surface area (Å²) in [6.45, 7) is 6.04. The lowest BCUT2D eigenvalue weighted by molar-refractivity contribution is 0.199. The van der Waals surface area contributed by atoms with Gasteiger partial charge < -0.3 is 4.74 Å². The van der Waals surface area contributed by atoms with Crippen LogP contribution >= 0.6 is 11.8 Å². The van der Waals surface area contributed by atoms with Crippen molar-refractivity contribution < 1.29 is 13.5 Å². The summed E-state index contributed by atoms with van der Waals surface area (Å²) in [5, 5.41) is 0.770. The fourth-order valence-corrected chi connectivity index (χ4v) is 8.38. The van der Waals surface area contributed by atoms with Crippen molar-refractivity contribution in [2.75, 3.05) is 12.4 Å². The molecule has 1 aromatic rings. The lowest BCUT2D eigenvalue weighted by atomic mass is 9.73. The second-order valence-corrected chi connectivity index (χ2v) is 11.6. The Morgan fingerprint density at radius 2 is 1.59 bits per heavy atom. The number of hydrogen-bond donors (Lipinski definition) is 0. The molecule has 0 amide bonds. The first-order chi connectivity index (χ1) is 15.6. The quantitative estimate of drug-likeness (QED) is 0.375. The molecule has 0 N–H and O–H groups in total. The highest BCUT2D eigenvalue weighted by Crippen LogP contribution is 2.47. The average molecular weight is 463 g/mol. The van der Waals surface area contributed by atoms with Crippen LogP contribution in [0.4, 0.5) is 8.78 Å². The molecule has 4 rings (SSSR count). The highest BCUT2D eigenvalue weighted by molar-refractivity contribution is 7.99. The normalized spacial score (nSPS) is 33.6. The van der Waals surface area contributed by atoms with Crippen LogP contribution in [0, 0.1) is 35.3 Å². The molecule has 1 aliphatic heterocycles. The Bertz CT molecular complexity index is 742. The van der Waals surface area contributed by atoms with E-state index in [2.05, 4.69) is 24.4 Å². The monoisotopic (exact) mass is 462 g/mol. The third-order valence-corrected chi connectivity index (χ3v) is 10.2. The molecule has 178 valence electrons. The van der Waals surface area contributed by atoms with Gasteiger partial charge in [-0.3, -0.25) is 0 Å². The minimum absolute atomic E-state index is 0.0322. The van der Waals surface area contributed by atoms with Crippen molar-refractivity contribution in [3.05, 3.63) is 42.0 Å². The number of rotatable bonds is 7. The van der Waals surface area contributed by atoms with Crippen LogP contribution in [0.3, 0.4) is 0 Å². The summed E-state index contributed by atoms with van der Waals surface area (Å²) >= 11 is 2.23. The van der Waals surface area contributed by atoms with Gasteiger partial charge in [-0.25, -0.2) is 4.39 Å². The van der Waals surface area contributed by atoms with Gasteiger partial charge in [0.25, 0.3) is 0 Å². The first-order valence-electron chi connectivity index (χ1n) is 12.9. The van der Waals surface area contributed by atoms with Crippen molar-refractivity contribution in [2.45, 2.75) is 88.7 Å². The maximum atomic E-state index is 14.6. The largest absolute Gasteiger partial charge is 0.491 e. The average Bonchev–Trinajstić information content (AvgIpc) is 2.83. The zero-order valence-electron chi connectivity index (χ0n) is 19.7. The second kappa shape index (κ2) is 11.4. The standard InChI is InChI=1S/C28H40F2OS/c1-3-5-19-6-8-20(9-7-19)23-14-17-26(32-18-23)22-12-10-21(11-13-22)24-15-16-25(31-4-2)28(30)27(24)29/h3,15-16,19-23,26H,1,4-14,17-18H2,2H3/t19?,20?,21?,22?,23?,26-/m0/s1. The van der Waals surface area contributed by atoms with Crippen LogP contribution in [-0.2, 0) is 0 Å². The highest BCUT2D eigenvalue weighted by atomic mass is 32.2. The molecule has 2 saturated carbocycles. The summed E-state index contributed by atoms with van der Waals surface area (Å²) in [5.74, 6) is 3.48. The molecule has 0 spiro atoms. The van der Waals surface area contributed by atoms with Crippen LogP contribution in [0.5, 0.6) is 5.75 Å². The zero-order chi connectivity index (χ0) is 22.5. The van der Waals surface area contributed by atoms with E-state index in [-0.39, 0.29) is 11.7 Å². The molecule has 1 heterocycles. The first-order valence-corrected chi connectivity index (χ1v) is 14.0. The molecule has 4 heteroatoms. The Morgan fingerprint density at radius 1 is 0.906 bits per heavy atom. The Hall–Kier alpha value is -1.03. The fourth-order valence-electron chi connectivity index (χ4n) is 6.60. The van der Waals surface area contributed by atoms with Crippen molar-refractivity contribution in [1.82, 2.24) is 0 Å². The van der Waals surface area contributed by atoms with E-state index in [0.29, 0.717) is 12.2 Å². The Balaban J connectivity index is 1.24. The van der Waals surface area contributed by atoms with Gasteiger partial charge in [0.15, 0.2) is 11.6 Å². The number of hydrogen-bond acceptors (Lipinski definition) is 2. The van der Waals surface area contributed by atoms with Crippen molar-refractivity contribution in [2.24, 2.45) is 23.7 Å². The van der Waals surface area contributed by atoms with Gasteiger partial charge in [0.2, 0.25) is 5.82 Å². The highest BCUT2D eigenvalue weighted by Gasteiger charge is 2.35. The van der Waals surface area contributed by atoms with Crippen molar-refractivity contribution in [1.29, 1.82) is 0 Å². The van der Waals surface area contributed by atoms with Gasteiger partial charge in [-0.2, -0.15) is 16.2 Å². The van der Waals surface area contributed by atoms with E-state index >= 15 is 0 Å². The Morgan fingerprint density at radius 3 is 2.22 bits per heavy atom. The Kier molecular flexibility index (Phi) is 8.59. The number of halogens is 2. The molecular weight excluding hydrogens is 422 g/mol. The van der Waals surface area contributed by atoms with Gasteiger partial charge in [0.1, 0.15) is 0 Å². The van der Waals surface area contributed by atoms with Crippen molar-refractivity contribution in [3.8, 4) is 5.75 Å². The fraction of sp³-hybridized carbons (Fsp3) is 0.714. The minimum atomic E-state index is -0.820. The number of ether oxygens (including phenoxy) is 1. The second-order valence-electron chi connectivity index (χ2n) is 10.3. The SMILES string of the molecule is C=CCC1CCC(C2CC[C@@H](C3CCC(c4ccc(OCC)c(F)c4F)CC3)SC2)CC1. The molecule has 3 aliphatic rings. The van der Waals surface area contributed by atoms with E-state index in [1.54, 1.807) is 19.1 Å². The lowest BCUT2D eigenvalue weighted by Crippen LogP contribution is -2.32. The molecular formula is C28H40F2OS. The molecule has 1 nitrogen and oxygen atoms in total. The van der Waals surface area contributed by atoms with Gasteiger partial charge >= 0.3 is 0 Å². The molecule has 0 radical (unpaired) electrons. The van der Waals surface area contributed by atoms with E-state index in [0.717, 1.165) is 54.6 Å². The summed E-state index contributed by atoms with van der Waals surface area (Å²) in [5.41, 5.74) is 0.549. The van der Waals surface area contributed by atoms with E-state index in [1.807, 2.05) is 0 Å². The minimum Gasteiger partial charge on any atom is -0.491 e. The first kappa shape index (κ1) is 24.1. The van der Waals surface area contributed by atoms with Crippen LogP contribution in [0.2, 0.25) is 0 Å². The van der Waals surface area contributed by atoms with Crippen LogP contribution in [0.15, 0.2) is 24.8 Å². The van der Waals surface area contributed by atoms with E-state index in [9.17, 15) is 8.78 Å². The molecule has 2 atom stereocenters. The lowest BCUT2D eigenvalue weighted by Gasteiger charge is -2.41. The smallest absolute Gasteiger partial charge is 0.200 e. The van der Waals surface area contributed by atoms with Crippen LogP contribution in [0.25, 0.3) is 0 Å². The summed E-state index contributed by atoms with van der Waals surface area (Å²) < 4.78 is 34.2. The molecule has 1 aromatic carbocycles. The van der Waals surface area contributed by atoms with Gasteiger partial charge in [-0.15, -0.1) is 6.58 Å². The predicted octanol–water partition coefficient (Wildman–Crippen LogP) is 8.53. The molecule has 1 unspecified atom stereocenters. The summed E-state index contributed by atoms with van der Waals surface area (Å²) in [4.78, 5) is 0. The number of allylic oxidation sites excluding steroid dienone is 1. The third-order valence-electron chi connectivity index (χ3n) is 8.52. The van der Waals surface area contributed by atoms with Crippen molar-refractivity contribution in [3.63, 3.8) is 0 Å². The van der Waals surface area contributed by atoms with Gasteiger partial charge in [-0.05, 0) is 125 Å². The van der Waals surface area contributed by atoms with Gasteiger partial charge in [0, 0.05) is 5.25 Å². The number of thioether (sulfide) groups is 1. The molecule has 0 bridgehead atoms. The number of benzene rings is 1. The Labute approximate surface area is 197 Å². The van der Waals surface area contributed by atoms with E-state index < -0.39 is 11.6 Å². The maximum Gasteiger partial charge on any atom is 0.200 e. The molecule has 3 fully saturated rings. The summed E-state index contributed by atoms with van der Waals surface area (Å²) in [6, 6.07) is 3.35. The molecule has 32 heavy (non-hydrogen) atoms.